The summed E-state index contributed by atoms with van der Waals surface area (Å²) in [6.45, 7) is -0.353. The van der Waals surface area contributed by atoms with Crippen molar-refractivity contribution in [2.24, 2.45) is 0 Å². The van der Waals surface area contributed by atoms with E-state index in [9.17, 15) is 25.2 Å². The van der Waals surface area contributed by atoms with Gasteiger partial charge < -0.3 is 40.3 Å². The van der Waals surface area contributed by atoms with Gasteiger partial charge in [0.05, 0.1) is 18.8 Å². The second kappa shape index (κ2) is 9.22. The lowest BCUT2D eigenvalue weighted by Gasteiger charge is -2.40. The second-order valence-electron chi connectivity index (χ2n) is 7.93. The summed E-state index contributed by atoms with van der Waals surface area (Å²) in [5.41, 5.74) is 2.86. The van der Waals surface area contributed by atoms with Crippen LogP contribution in [0.5, 0.6) is 5.75 Å². The van der Waals surface area contributed by atoms with Crippen LogP contribution in [0.25, 0.3) is 0 Å². The van der Waals surface area contributed by atoms with Gasteiger partial charge in [0.25, 0.3) is 0 Å². The minimum absolute atomic E-state index is 0.152. The van der Waals surface area contributed by atoms with Crippen LogP contribution in [0.2, 0.25) is 5.02 Å². The molecule has 10 heteroatoms. The Labute approximate surface area is 188 Å². The van der Waals surface area contributed by atoms with Crippen LogP contribution in [0, 0.1) is 0 Å². The maximum atomic E-state index is 11.1. The summed E-state index contributed by atoms with van der Waals surface area (Å²) in [5, 5.41) is 52.6. The average molecular weight is 466 g/mol. The molecule has 2 heterocycles. The summed E-state index contributed by atoms with van der Waals surface area (Å²) in [6.07, 6.45) is -6.74. The van der Waals surface area contributed by atoms with Crippen molar-refractivity contribution in [3.63, 3.8) is 0 Å². The number of hydrogen-bond donors (Lipinski definition) is 6. The van der Waals surface area contributed by atoms with E-state index in [2.05, 4.69) is 5.32 Å². The largest absolute Gasteiger partial charge is 0.478 e. The number of benzene rings is 2. The summed E-state index contributed by atoms with van der Waals surface area (Å²) < 4.78 is 11.1. The zero-order valence-corrected chi connectivity index (χ0v) is 17.6. The van der Waals surface area contributed by atoms with Gasteiger partial charge in [-0.1, -0.05) is 29.8 Å². The van der Waals surface area contributed by atoms with E-state index in [-0.39, 0.29) is 6.54 Å². The standard InChI is InChI=1S/C22H24ClNO8/c23-13-3-2-11(21-20(28)19(27)18(26)17(9-25)32-21)7-12(13)5-10-1-4-15-14(6-10)24-8-16(31-15)22(29)30/h1-4,6-7,16-21,24-28H,5,8-9H2,(H,29,30)/t16?,17-,18-,19+,20-,21+/m1/s1. The molecule has 0 bridgehead atoms. The molecule has 2 aromatic rings. The first-order valence-corrected chi connectivity index (χ1v) is 10.5. The molecule has 0 saturated carbocycles. The van der Waals surface area contributed by atoms with Gasteiger partial charge in [-0.2, -0.15) is 0 Å². The van der Waals surface area contributed by atoms with Crippen molar-refractivity contribution >= 4 is 23.3 Å². The molecule has 2 aliphatic rings. The number of carbonyl (C=O) groups is 1. The molecule has 2 aliphatic heterocycles. The molecule has 0 aliphatic carbocycles. The molecular weight excluding hydrogens is 442 g/mol. The molecule has 6 N–H and O–H groups in total. The third-order valence-electron chi connectivity index (χ3n) is 5.75. The number of aliphatic carboxylic acids is 1. The van der Waals surface area contributed by atoms with Gasteiger partial charge in [0.2, 0.25) is 6.10 Å². The first-order chi connectivity index (χ1) is 15.3. The van der Waals surface area contributed by atoms with Gasteiger partial charge in [0.15, 0.2) is 0 Å². The van der Waals surface area contributed by atoms with Crippen molar-refractivity contribution in [3.8, 4) is 5.75 Å². The monoisotopic (exact) mass is 465 g/mol. The molecular formula is C22H24ClNO8. The molecule has 6 atom stereocenters. The van der Waals surface area contributed by atoms with E-state index in [1.165, 1.54) is 0 Å². The number of aliphatic hydroxyl groups is 4. The van der Waals surface area contributed by atoms with Gasteiger partial charge in [0.1, 0.15) is 36.3 Å². The first kappa shape index (κ1) is 22.8. The van der Waals surface area contributed by atoms with E-state index in [4.69, 9.17) is 26.2 Å². The third-order valence-corrected chi connectivity index (χ3v) is 6.12. The lowest BCUT2D eigenvalue weighted by Crippen LogP contribution is -2.55. The number of anilines is 1. The van der Waals surface area contributed by atoms with Gasteiger partial charge in [-0.3, -0.25) is 0 Å². The highest BCUT2D eigenvalue weighted by Gasteiger charge is 2.44. The van der Waals surface area contributed by atoms with Gasteiger partial charge in [0, 0.05) is 5.02 Å². The molecule has 0 aromatic heterocycles. The summed E-state index contributed by atoms with van der Waals surface area (Å²) in [6, 6.07) is 10.4. The lowest BCUT2D eigenvalue weighted by atomic mass is 9.90. The Morgan fingerprint density at radius 1 is 1.09 bits per heavy atom. The highest BCUT2D eigenvalue weighted by molar-refractivity contribution is 6.31. The van der Waals surface area contributed by atoms with E-state index >= 15 is 0 Å². The van der Waals surface area contributed by atoms with Crippen molar-refractivity contribution < 1.29 is 39.8 Å². The van der Waals surface area contributed by atoms with E-state index in [0.29, 0.717) is 28.4 Å². The number of carboxylic acids is 1. The minimum Gasteiger partial charge on any atom is -0.478 e. The summed E-state index contributed by atoms with van der Waals surface area (Å²) in [5.74, 6) is -0.586. The van der Waals surface area contributed by atoms with Gasteiger partial charge in [-0.05, 0) is 41.3 Å². The lowest BCUT2D eigenvalue weighted by molar-refractivity contribution is -0.231. The smallest absolute Gasteiger partial charge is 0.346 e. The molecule has 32 heavy (non-hydrogen) atoms. The highest BCUT2D eigenvalue weighted by atomic mass is 35.5. The number of carboxylic acid groups (broad SMARTS) is 1. The van der Waals surface area contributed by atoms with Gasteiger partial charge in [-0.15, -0.1) is 0 Å². The second-order valence-corrected chi connectivity index (χ2v) is 8.34. The fourth-order valence-electron chi connectivity index (χ4n) is 3.97. The predicted molar refractivity (Wildman–Crippen MR) is 114 cm³/mol. The number of ether oxygens (including phenoxy) is 2. The summed E-state index contributed by atoms with van der Waals surface area (Å²) in [4.78, 5) is 11.1. The molecule has 2 aromatic carbocycles. The number of rotatable bonds is 5. The molecule has 1 unspecified atom stereocenters. The average Bonchev–Trinajstić information content (AvgIpc) is 2.79. The molecule has 172 valence electrons. The van der Waals surface area contributed by atoms with Crippen LogP contribution in [-0.4, -0.2) is 75.2 Å². The zero-order chi connectivity index (χ0) is 23.0. The Balaban J connectivity index is 1.56. The van der Waals surface area contributed by atoms with Crippen LogP contribution in [0.4, 0.5) is 5.69 Å². The number of aliphatic hydroxyl groups excluding tert-OH is 4. The first-order valence-electron chi connectivity index (χ1n) is 10.1. The van der Waals surface area contributed by atoms with E-state index in [0.717, 1.165) is 11.1 Å². The topological polar surface area (TPSA) is 149 Å². The molecule has 0 spiro atoms. The molecule has 1 fully saturated rings. The van der Waals surface area contributed by atoms with Gasteiger partial charge >= 0.3 is 5.97 Å². The van der Waals surface area contributed by atoms with Gasteiger partial charge in [-0.25, -0.2) is 4.79 Å². The van der Waals surface area contributed by atoms with Crippen molar-refractivity contribution in [1.29, 1.82) is 0 Å². The Kier molecular flexibility index (Phi) is 6.57. The van der Waals surface area contributed by atoms with Crippen LogP contribution in [0.1, 0.15) is 22.8 Å². The molecule has 0 amide bonds. The van der Waals surface area contributed by atoms with Crippen molar-refractivity contribution in [1.82, 2.24) is 0 Å². The van der Waals surface area contributed by atoms with Crippen LogP contribution in [-0.2, 0) is 16.0 Å². The Morgan fingerprint density at radius 3 is 2.59 bits per heavy atom. The Morgan fingerprint density at radius 2 is 1.88 bits per heavy atom. The predicted octanol–water partition coefficient (Wildman–Crippen LogP) is 0.703. The number of halogens is 1. The number of fused-ring (bicyclic) bond motifs is 1. The van der Waals surface area contributed by atoms with E-state index in [1.807, 2.05) is 12.1 Å². The van der Waals surface area contributed by atoms with Crippen LogP contribution >= 0.6 is 11.6 Å². The Bertz CT molecular complexity index is 1000. The van der Waals surface area contributed by atoms with Crippen LogP contribution in [0.3, 0.4) is 0 Å². The third kappa shape index (κ3) is 4.40. The quantitative estimate of drug-likeness (QED) is 0.375. The molecule has 0 radical (unpaired) electrons. The zero-order valence-electron chi connectivity index (χ0n) is 16.9. The Hall–Kier alpha value is -2.40. The fraction of sp³-hybridized carbons (Fsp3) is 0.409. The minimum atomic E-state index is -1.47. The molecule has 4 rings (SSSR count). The van der Waals surface area contributed by atoms with E-state index < -0.39 is 49.2 Å². The summed E-state index contributed by atoms with van der Waals surface area (Å²) >= 11 is 6.39. The maximum Gasteiger partial charge on any atom is 0.346 e. The number of hydrogen-bond acceptors (Lipinski definition) is 8. The highest BCUT2D eigenvalue weighted by Crippen LogP contribution is 2.35. The van der Waals surface area contributed by atoms with Crippen molar-refractivity contribution in [2.75, 3.05) is 18.5 Å². The maximum absolute atomic E-state index is 11.1. The molecule has 9 nitrogen and oxygen atoms in total. The molecule has 1 saturated heterocycles. The SMILES string of the molecule is O=C(O)C1CNc2cc(Cc3cc([C@@H]4O[C@H](CO)[C@@H](O)[C@H](O)[C@H]4O)ccc3Cl)ccc2O1. The van der Waals surface area contributed by atoms with E-state index in [1.54, 1.807) is 24.3 Å². The van der Waals surface area contributed by atoms with Crippen LogP contribution < -0.4 is 10.1 Å². The fourth-order valence-corrected chi connectivity index (χ4v) is 4.15. The summed E-state index contributed by atoms with van der Waals surface area (Å²) in [7, 11) is 0. The van der Waals surface area contributed by atoms with Crippen LogP contribution in [0.15, 0.2) is 36.4 Å². The normalized spacial score (nSPS) is 29.5. The number of nitrogens with one attached hydrogen (secondary N) is 1. The van der Waals surface area contributed by atoms with Crippen molar-refractivity contribution in [3.05, 3.63) is 58.1 Å². The van der Waals surface area contributed by atoms with Crippen molar-refractivity contribution in [2.45, 2.75) is 43.0 Å².